The summed E-state index contributed by atoms with van der Waals surface area (Å²) in [4.78, 5) is 0. The minimum Gasteiger partial charge on any atom is -0.505 e. The SMILES string of the molecule is Oc1ccc(NCc2cc(Cl)c3c(c2)OCO3)cc1F. The Labute approximate surface area is 119 Å². The summed E-state index contributed by atoms with van der Waals surface area (Å²) in [5.74, 6) is 0.109. The van der Waals surface area contributed by atoms with Gasteiger partial charge in [-0.2, -0.15) is 0 Å². The van der Waals surface area contributed by atoms with Crippen molar-refractivity contribution in [3.63, 3.8) is 0 Å². The van der Waals surface area contributed by atoms with Gasteiger partial charge in [-0.3, -0.25) is 0 Å². The van der Waals surface area contributed by atoms with Gasteiger partial charge >= 0.3 is 0 Å². The highest BCUT2D eigenvalue weighted by Crippen LogP contribution is 2.39. The van der Waals surface area contributed by atoms with E-state index in [0.29, 0.717) is 28.8 Å². The van der Waals surface area contributed by atoms with Gasteiger partial charge < -0.3 is 19.9 Å². The molecule has 104 valence electrons. The Kier molecular flexibility index (Phi) is 3.28. The largest absolute Gasteiger partial charge is 0.505 e. The van der Waals surface area contributed by atoms with Gasteiger partial charge in [-0.05, 0) is 29.8 Å². The van der Waals surface area contributed by atoms with E-state index in [1.165, 1.54) is 12.1 Å². The molecule has 0 atom stereocenters. The van der Waals surface area contributed by atoms with Gasteiger partial charge in [-0.1, -0.05) is 11.6 Å². The van der Waals surface area contributed by atoms with Crippen molar-refractivity contribution in [2.24, 2.45) is 0 Å². The fourth-order valence-corrected chi connectivity index (χ4v) is 2.23. The number of nitrogens with one attached hydrogen (secondary N) is 1. The van der Waals surface area contributed by atoms with Gasteiger partial charge in [0.2, 0.25) is 6.79 Å². The zero-order valence-corrected chi connectivity index (χ0v) is 11.1. The number of fused-ring (bicyclic) bond motifs is 1. The average molecular weight is 296 g/mol. The Hall–Kier alpha value is -2.14. The molecule has 0 amide bonds. The third-order valence-electron chi connectivity index (χ3n) is 2.93. The summed E-state index contributed by atoms with van der Waals surface area (Å²) in [6.07, 6.45) is 0. The van der Waals surface area contributed by atoms with Crippen LogP contribution in [0.2, 0.25) is 5.02 Å². The van der Waals surface area contributed by atoms with Crippen LogP contribution in [0, 0.1) is 5.82 Å². The summed E-state index contributed by atoms with van der Waals surface area (Å²) < 4.78 is 23.7. The second-order valence-electron chi connectivity index (χ2n) is 4.33. The molecule has 0 saturated heterocycles. The Morgan fingerprint density at radius 1 is 1.25 bits per heavy atom. The second kappa shape index (κ2) is 5.09. The standard InChI is InChI=1S/C14H11ClFNO3/c15-10-3-8(4-13-14(10)20-7-19-13)6-17-9-1-2-12(18)11(16)5-9/h1-5,17-18H,6-7H2. The van der Waals surface area contributed by atoms with Crippen LogP contribution < -0.4 is 14.8 Å². The molecule has 0 aromatic heterocycles. The van der Waals surface area contributed by atoms with Gasteiger partial charge in [-0.25, -0.2) is 4.39 Å². The molecule has 2 aromatic carbocycles. The normalized spacial score (nSPS) is 12.5. The monoisotopic (exact) mass is 295 g/mol. The van der Waals surface area contributed by atoms with Crippen LogP contribution in [0.1, 0.15) is 5.56 Å². The van der Waals surface area contributed by atoms with Crippen molar-refractivity contribution >= 4 is 17.3 Å². The molecule has 0 spiro atoms. The van der Waals surface area contributed by atoms with E-state index in [1.807, 2.05) is 6.07 Å². The predicted octanol–water partition coefficient (Wildman–Crippen LogP) is 3.53. The first-order chi connectivity index (χ1) is 9.63. The van der Waals surface area contributed by atoms with E-state index in [2.05, 4.69) is 5.32 Å². The van der Waals surface area contributed by atoms with Gasteiger partial charge in [0.05, 0.1) is 5.02 Å². The van der Waals surface area contributed by atoms with E-state index in [-0.39, 0.29) is 12.5 Å². The maximum absolute atomic E-state index is 13.2. The van der Waals surface area contributed by atoms with Crippen LogP contribution in [0.5, 0.6) is 17.2 Å². The van der Waals surface area contributed by atoms with Crippen LogP contribution >= 0.6 is 11.6 Å². The molecule has 2 aromatic rings. The van der Waals surface area contributed by atoms with Crippen molar-refractivity contribution in [2.75, 3.05) is 12.1 Å². The number of hydrogen-bond donors (Lipinski definition) is 2. The molecule has 2 N–H and O–H groups in total. The number of phenolic OH excluding ortho intramolecular Hbond substituents is 1. The van der Waals surface area contributed by atoms with Gasteiger partial charge in [0.15, 0.2) is 23.1 Å². The number of benzene rings is 2. The van der Waals surface area contributed by atoms with Crippen LogP contribution in [0.4, 0.5) is 10.1 Å². The molecule has 4 nitrogen and oxygen atoms in total. The van der Waals surface area contributed by atoms with Crippen LogP contribution in [0.25, 0.3) is 0 Å². The molecular weight excluding hydrogens is 285 g/mol. The van der Waals surface area contributed by atoms with Crippen LogP contribution in [-0.4, -0.2) is 11.9 Å². The maximum Gasteiger partial charge on any atom is 0.231 e. The van der Waals surface area contributed by atoms with Crippen molar-refractivity contribution in [3.05, 3.63) is 46.7 Å². The molecule has 1 heterocycles. The van der Waals surface area contributed by atoms with Crippen molar-refractivity contribution in [1.29, 1.82) is 0 Å². The molecule has 0 saturated carbocycles. The number of halogens is 2. The lowest BCUT2D eigenvalue weighted by Crippen LogP contribution is -2.00. The summed E-state index contributed by atoms with van der Waals surface area (Å²) in [6, 6.07) is 7.69. The lowest BCUT2D eigenvalue weighted by atomic mass is 10.2. The highest BCUT2D eigenvalue weighted by Gasteiger charge is 2.18. The number of phenols is 1. The molecule has 0 bridgehead atoms. The van der Waals surface area contributed by atoms with Crippen molar-refractivity contribution < 1.29 is 19.0 Å². The van der Waals surface area contributed by atoms with Gasteiger partial charge in [0, 0.05) is 18.3 Å². The first kappa shape index (κ1) is 12.9. The van der Waals surface area contributed by atoms with Gasteiger partial charge in [0.25, 0.3) is 0 Å². The highest BCUT2D eigenvalue weighted by atomic mass is 35.5. The van der Waals surface area contributed by atoms with Crippen molar-refractivity contribution in [1.82, 2.24) is 0 Å². The molecule has 20 heavy (non-hydrogen) atoms. The van der Waals surface area contributed by atoms with E-state index < -0.39 is 5.82 Å². The second-order valence-corrected chi connectivity index (χ2v) is 4.74. The first-order valence-electron chi connectivity index (χ1n) is 5.94. The van der Waals surface area contributed by atoms with E-state index in [0.717, 1.165) is 5.56 Å². The first-order valence-corrected chi connectivity index (χ1v) is 6.31. The summed E-state index contributed by atoms with van der Waals surface area (Å²) in [6.45, 7) is 0.607. The Balaban J connectivity index is 1.75. The lowest BCUT2D eigenvalue weighted by molar-refractivity contribution is 0.174. The molecule has 0 radical (unpaired) electrons. The summed E-state index contributed by atoms with van der Waals surface area (Å²) in [5, 5.41) is 12.6. The predicted molar refractivity (Wildman–Crippen MR) is 73.0 cm³/mol. The third-order valence-corrected chi connectivity index (χ3v) is 3.21. The number of hydrogen-bond acceptors (Lipinski definition) is 4. The highest BCUT2D eigenvalue weighted by molar-refractivity contribution is 6.32. The number of aromatic hydroxyl groups is 1. The Morgan fingerprint density at radius 3 is 2.90 bits per heavy atom. The van der Waals surface area contributed by atoms with Crippen molar-refractivity contribution in [3.8, 4) is 17.2 Å². The third kappa shape index (κ3) is 2.44. The van der Waals surface area contributed by atoms with E-state index in [9.17, 15) is 4.39 Å². The smallest absolute Gasteiger partial charge is 0.231 e. The molecule has 3 rings (SSSR count). The lowest BCUT2D eigenvalue weighted by Gasteiger charge is -2.09. The molecule has 0 aliphatic carbocycles. The quantitative estimate of drug-likeness (QED) is 0.851. The molecule has 1 aliphatic rings. The molecule has 1 aliphatic heterocycles. The molecule has 6 heteroatoms. The summed E-state index contributed by atoms with van der Waals surface area (Å²) in [7, 11) is 0. The number of rotatable bonds is 3. The molecule has 0 unspecified atom stereocenters. The summed E-state index contributed by atoms with van der Waals surface area (Å²) >= 11 is 6.08. The Morgan fingerprint density at radius 2 is 2.10 bits per heavy atom. The summed E-state index contributed by atoms with van der Waals surface area (Å²) in [5.41, 5.74) is 1.45. The van der Waals surface area contributed by atoms with Gasteiger partial charge in [-0.15, -0.1) is 0 Å². The molecular formula is C14H11ClFNO3. The fourth-order valence-electron chi connectivity index (χ4n) is 1.94. The van der Waals surface area contributed by atoms with Gasteiger partial charge in [0.1, 0.15) is 0 Å². The van der Waals surface area contributed by atoms with Crippen LogP contribution in [0.15, 0.2) is 30.3 Å². The van der Waals surface area contributed by atoms with Crippen LogP contribution in [-0.2, 0) is 6.54 Å². The van der Waals surface area contributed by atoms with E-state index in [4.69, 9.17) is 26.2 Å². The Bertz CT molecular complexity index is 663. The van der Waals surface area contributed by atoms with Crippen molar-refractivity contribution in [2.45, 2.75) is 6.54 Å². The number of ether oxygens (including phenoxy) is 2. The zero-order chi connectivity index (χ0) is 14.1. The van der Waals surface area contributed by atoms with Crippen LogP contribution in [0.3, 0.4) is 0 Å². The van der Waals surface area contributed by atoms with E-state index >= 15 is 0 Å². The minimum absolute atomic E-state index is 0.162. The topological polar surface area (TPSA) is 50.7 Å². The maximum atomic E-state index is 13.2. The zero-order valence-electron chi connectivity index (χ0n) is 10.3. The molecule has 0 fully saturated rings. The van der Waals surface area contributed by atoms with E-state index in [1.54, 1.807) is 12.1 Å². The number of anilines is 1. The fraction of sp³-hybridized carbons (Fsp3) is 0.143. The average Bonchev–Trinajstić information content (AvgIpc) is 2.89. The minimum atomic E-state index is -0.668.